The zero-order valence-electron chi connectivity index (χ0n) is 13.3. The molecule has 0 spiro atoms. The standard InChI is InChI=1S/C15H22N4O4.ClH/c16-14(11-5-9-23-10-6-11)15(20)18-8-7-17-12-3-1-2-4-13(12)19(21)22;/h1-4,11,14,17H,5-10,16H2,(H,18,20);1H. The third-order valence-electron chi connectivity index (χ3n) is 3.92. The van der Waals surface area contributed by atoms with E-state index in [-0.39, 0.29) is 29.9 Å². The largest absolute Gasteiger partial charge is 0.381 e. The molecule has 1 saturated heterocycles. The summed E-state index contributed by atoms with van der Waals surface area (Å²) < 4.78 is 5.26. The molecule has 2 rings (SSSR count). The minimum absolute atomic E-state index is 0. The maximum absolute atomic E-state index is 12.0. The van der Waals surface area contributed by atoms with Crippen LogP contribution in [0.3, 0.4) is 0 Å². The van der Waals surface area contributed by atoms with Crippen LogP contribution in [0.1, 0.15) is 12.8 Å². The van der Waals surface area contributed by atoms with Gasteiger partial charge in [-0.3, -0.25) is 14.9 Å². The molecule has 9 heteroatoms. The van der Waals surface area contributed by atoms with Crippen LogP contribution in [-0.2, 0) is 9.53 Å². The average Bonchev–Trinajstić information content (AvgIpc) is 2.58. The van der Waals surface area contributed by atoms with Crippen molar-refractivity contribution in [2.24, 2.45) is 11.7 Å². The molecule has 1 atom stereocenters. The lowest BCUT2D eigenvalue weighted by atomic mass is 9.92. The Labute approximate surface area is 146 Å². The van der Waals surface area contributed by atoms with Gasteiger partial charge in [0.05, 0.1) is 11.0 Å². The Morgan fingerprint density at radius 1 is 1.33 bits per heavy atom. The van der Waals surface area contributed by atoms with E-state index < -0.39 is 11.0 Å². The molecule has 1 fully saturated rings. The smallest absolute Gasteiger partial charge is 0.292 e. The molecular formula is C15H23ClN4O4. The van der Waals surface area contributed by atoms with E-state index >= 15 is 0 Å². The van der Waals surface area contributed by atoms with Crippen molar-refractivity contribution in [3.63, 3.8) is 0 Å². The van der Waals surface area contributed by atoms with Gasteiger partial charge in [0.25, 0.3) is 5.69 Å². The lowest BCUT2D eigenvalue weighted by molar-refractivity contribution is -0.384. The van der Waals surface area contributed by atoms with E-state index in [1.807, 2.05) is 0 Å². The van der Waals surface area contributed by atoms with E-state index in [1.54, 1.807) is 18.2 Å². The number of halogens is 1. The second-order valence-electron chi connectivity index (χ2n) is 5.47. The number of benzene rings is 1. The predicted octanol–water partition coefficient (Wildman–Crippen LogP) is 1.30. The first-order valence-electron chi connectivity index (χ1n) is 7.68. The highest BCUT2D eigenvalue weighted by Gasteiger charge is 2.26. The zero-order valence-corrected chi connectivity index (χ0v) is 14.1. The van der Waals surface area contributed by atoms with Crippen molar-refractivity contribution in [1.82, 2.24) is 5.32 Å². The number of carbonyl (C=O) groups is 1. The Morgan fingerprint density at radius 3 is 2.67 bits per heavy atom. The number of nitrogens with two attached hydrogens (primary N) is 1. The Balaban J connectivity index is 0.00000288. The molecule has 0 aliphatic carbocycles. The van der Waals surface area contributed by atoms with Crippen molar-refractivity contribution in [3.8, 4) is 0 Å². The van der Waals surface area contributed by atoms with E-state index in [4.69, 9.17) is 10.5 Å². The summed E-state index contributed by atoms with van der Waals surface area (Å²) in [5.41, 5.74) is 6.41. The van der Waals surface area contributed by atoms with E-state index in [2.05, 4.69) is 10.6 Å². The van der Waals surface area contributed by atoms with Crippen molar-refractivity contribution in [2.45, 2.75) is 18.9 Å². The minimum atomic E-state index is -0.537. The highest BCUT2D eigenvalue weighted by atomic mass is 35.5. The second kappa shape index (κ2) is 10.1. The van der Waals surface area contributed by atoms with Crippen LogP contribution in [0, 0.1) is 16.0 Å². The fraction of sp³-hybridized carbons (Fsp3) is 0.533. The molecule has 1 unspecified atom stereocenters. The quantitative estimate of drug-likeness (QED) is 0.384. The highest BCUT2D eigenvalue weighted by molar-refractivity contribution is 5.85. The highest BCUT2D eigenvalue weighted by Crippen LogP contribution is 2.22. The van der Waals surface area contributed by atoms with E-state index in [0.29, 0.717) is 32.0 Å². The van der Waals surface area contributed by atoms with Crippen LogP contribution in [0.25, 0.3) is 0 Å². The van der Waals surface area contributed by atoms with Gasteiger partial charge in [-0.1, -0.05) is 12.1 Å². The molecule has 134 valence electrons. The van der Waals surface area contributed by atoms with Gasteiger partial charge >= 0.3 is 0 Å². The Kier molecular flexibility index (Phi) is 8.45. The van der Waals surface area contributed by atoms with E-state index in [0.717, 1.165) is 12.8 Å². The lowest BCUT2D eigenvalue weighted by Crippen LogP contribution is -2.48. The molecule has 1 aliphatic heterocycles. The lowest BCUT2D eigenvalue weighted by Gasteiger charge is -2.26. The summed E-state index contributed by atoms with van der Waals surface area (Å²) in [6.45, 7) is 2.02. The molecule has 0 radical (unpaired) electrons. The number of amides is 1. The molecule has 1 heterocycles. The Bertz CT molecular complexity index is 552. The van der Waals surface area contributed by atoms with Gasteiger partial charge in [0.15, 0.2) is 0 Å². The van der Waals surface area contributed by atoms with Crippen LogP contribution in [0.4, 0.5) is 11.4 Å². The van der Waals surface area contributed by atoms with Gasteiger partial charge in [0, 0.05) is 32.4 Å². The molecule has 8 nitrogen and oxygen atoms in total. The summed E-state index contributed by atoms with van der Waals surface area (Å²) in [6.07, 6.45) is 1.59. The number of rotatable bonds is 7. The summed E-state index contributed by atoms with van der Waals surface area (Å²) in [5.74, 6) is -0.0480. The fourth-order valence-electron chi connectivity index (χ4n) is 2.57. The molecule has 1 aromatic carbocycles. The molecule has 4 N–H and O–H groups in total. The predicted molar refractivity (Wildman–Crippen MR) is 93.4 cm³/mol. The number of anilines is 1. The second-order valence-corrected chi connectivity index (χ2v) is 5.47. The molecular weight excluding hydrogens is 336 g/mol. The Hall–Kier alpha value is -1.90. The maximum atomic E-state index is 12.0. The van der Waals surface area contributed by atoms with Crippen LogP contribution in [0.2, 0.25) is 0 Å². The third kappa shape index (κ3) is 5.63. The topological polar surface area (TPSA) is 120 Å². The number of ether oxygens (including phenoxy) is 1. The van der Waals surface area contributed by atoms with Gasteiger partial charge in [-0.25, -0.2) is 0 Å². The van der Waals surface area contributed by atoms with Crippen LogP contribution in [0.15, 0.2) is 24.3 Å². The Morgan fingerprint density at radius 2 is 2.00 bits per heavy atom. The summed E-state index contributed by atoms with van der Waals surface area (Å²) in [7, 11) is 0. The third-order valence-corrected chi connectivity index (χ3v) is 3.92. The monoisotopic (exact) mass is 358 g/mol. The number of nitro groups is 1. The number of nitro benzene ring substituents is 1. The van der Waals surface area contributed by atoms with Crippen molar-refractivity contribution < 1.29 is 14.5 Å². The van der Waals surface area contributed by atoms with Crippen molar-refractivity contribution >= 4 is 29.7 Å². The van der Waals surface area contributed by atoms with Crippen molar-refractivity contribution in [1.29, 1.82) is 0 Å². The molecule has 0 saturated carbocycles. The van der Waals surface area contributed by atoms with Crippen molar-refractivity contribution in [3.05, 3.63) is 34.4 Å². The first kappa shape index (κ1) is 20.1. The summed E-state index contributed by atoms with van der Waals surface area (Å²) in [4.78, 5) is 22.5. The molecule has 1 amide bonds. The minimum Gasteiger partial charge on any atom is -0.381 e. The van der Waals surface area contributed by atoms with Crippen LogP contribution in [-0.4, -0.2) is 43.2 Å². The average molecular weight is 359 g/mol. The van der Waals surface area contributed by atoms with Crippen LogP contribution < -0.4 is 16.4 Å². The van der Waals surface area contributed by atoms with Crippen molar-refractivity contribution in [2.75, 3.05) is 31.6 Å². The van der Waals surface area contributed by atoms with E-state index in [9.17, 15) is 14.9 Å². The fourth-order valence-corrected chi connectivity index (χ4v) is 2.57. The van der Waals surface area contributed by atoms with Gasteiger partial charge in [-0.05, 0) is 24.8 Å². The van der Waals surface area contributed by atoms with Gasteiger partial charge in [0.1, 0.15) is 5.69 Å². The first-order valence-corrected chi connectivity index (χ1v) is 7.68. The van der Waals surface area contributed by atoms with Crippen LogP contribution >= 0.6 is 12.4 Å². The van der Waals surface area contributed by atoms with Gasteiger partial charge in [-0.15, -0.1) is 12.4 Å². The van der Waals surface area contributed by atoms with Crippen LogP contribution in [0.5, 0.6) is 0 Å². The number of nitrogens with zero attached hydrogens (tertiary/aromatic N) is 1. The zero-order chi connectivity index (χ0) is 16.7. The number of hydrogen-bond acceptors (Lipinski definition) is 6. The maximum Gasteiger partial charge on any atom is 0.292 e. The number of para-hydroxylation sites is 2. The first-order chi connectivity index (χ1) is 11.1. The van der Waals surface area contributed by atoms with Gasteiger partial charge < -0.3 is 21.1 Å². The number of carbonyl (C=O) groups excluding carboxylic acids is 1. The molecule has 0 bridgehead atoms. The van der Waals surface area contributed by atoms with E-state index in [1.165, 1.54) is 6.07 Å². The summed E-state index contributed by atoms with van der Waals surface area (Å²) in [5, 5.41) is 16.6. The van der Waals surface area contributed by atoms with Gasteiger partial charge in [0.2, 0.25) is 5.91 Å². The molecule has 1 aromatic rings. The molecule has 24 heavy (non-hydrogen) atoms. The number of hydrogen-bond donors (Lipinski definition) is 3. The molecule has 0 aromatic heterocycles. The van der Waals surface area contributed by atoms with Gasteiger partial charge in [-0.2, -0.15) is 0 Å². The molecule has 1 aliphatic rings. The number of nitrogens with one attached hydrogen (secondary N) is 2. The summed E-state index contributed by atoms with van der Waals surface area (Å²) >= 11 is 0. The SMILES string of the molecule is Cl.NC(C(=O)NCCNc1ccccc1[N+](=O)[O-])C1CCOCC1. The normalized spacial score (nSPS) is 15.9. The summed E-state index contributed by atoms with van der Waals surface area (Å²) in [6, 6.07) is 5.85.